The van der Waals surface area contributed by atoms with Crippen molar-refractivity contribution in [1.29, 1.82) is 5.41 Å². The normalized spacial score (nSPS) is 15.7. The maximum absolute atomic E-state index is 13.1. The minimum atomic E-state index is -0.360. The van der Waals surface area contributed by atoms with Crippen LogP contribution in [0.4, 0.5) is 11.4 Å². The molecule has 0 bridgehead atoms. The fourth-order valence-corrected chi connectivity index (χ4v) is 3.87. The Labute approximate surface area is 185 Å². The average Bonchev–Trinajstić information content (AvgIpc) is 3.44. The number of carbonyl (C=O) groups excluding carboxylic acids is 1. The van der Waals surface area contributed by atoms with E-state index < -0.39 is 0 Å². The maximum atomic E-state index is 13.1. The Kier molecular flexibility index (Phi) is 5.97. The van der Waals surface area contributed by atoms with E-state index in [-0.39, 0.29) is 12.0 Å². The number of aromatic nitrogens is 1. The van der Waals surface area contributed by atoms with Gasteiger partial charge in [-0.3, -0.25) is 15.1 Å². The van der Waals surface area contributed by atoms with Crippen molar-refractivity contribution >= 4 is 35.2 Å². The van der Waals surface area contributed by atoms with Gasteiger partial charge < -0.3 is 19.7 Å². The Hall–Kier alpha value is -3.29. The van der Waals surface area contributed by atoms with Crippen LogP contribution in [0.2, 0.25) is 5.02 Å². The summed E-state index contributed by atoms with van der Waals surface area (Å²) in [5.41, 5.74) is 3.51. The third-order valence-corrected chi connectivity index (χ3v) is 5.64. The number of hydrogen-bond acceptors (Lipinski definition) is 5. The molecule has 2 heterocycles. The number of aliphatic hydroxyl groups is 1. The van der Waals surface area contributed by atoms with Crippen molar-refractivity contribution in [2.45, 2.75) is 12.5 Å². The highest BCUT2D eigenvalue weighted by molar-refractivity contribution is 6.30. The zero-order chi connectivity index (χ0) is 22.0. The van der Waals surface area contributed by atoms with Crippen molar-refractivity contribution in [1.82, 2.24) is 4.98 Å². The number of aromatic amines is 1. The van der Waals surface area contributed by atoms with E-state index >= 15 is 0 Å². The first-order valence-electron chi connectivity index (χ1n) is 9.89. The number of β-amino-alcohol motifs (C(OH)–C–C–N with tert-alkyl or cyclic N) is 1. The molecule has 0 aliphatic carbocycles. The number of amides is 1. The van der Waals surface area contributed by atoms with Crippen LogP contribution in [0.1, 0.15) is 16.9 Å². The molecule has 1 saturated heterocycles. The summed E-state index contributed by atoms with van der Waals surface area (Å²) in [6, 6.07) is 14.5. The van der Waals surface area contributed by atoms with E-state index in [1.807, 2.05) is 23.1 Å². The van der Waals surface area contributed by atoms with Crippen LogP contribution in [0.3, 0.4) is 0 Å². The van der Waals surface area contributed by atoms with Gasteiger partial charge in [0.15, 0.2) is 0 Å². The fraction of sp³-hybridized carbons (Fsp3) is 0.217. The molecule has 2 aromatic carbocycles. The van der Waals surface area contributed by atoms with E-state index in [1.54, 1.807) is 43.6 Å². The van der Waals surface area contributed by atoms with Crippen molar-refractivity contribution in [2.75, 3.05) is 30.0 Å². The molecule has 1 aliphatic heterocycles. The summed E-state index contributed by atoms with van der Waals surface area (Å²) in [4.78, 5) is 19.4. The van der Waals surface area contributed by atoms with Gasteiger partial charge in [-0.05, 0) is 47.9 Å². The Balaban J connectivity index is 1.59. The summed E-state index contributed by atoms with van der Waals surface area (Å²) in [7, 11) is 1.56. The summed E-state index contributed by atoms with van der Waals surface area (Å²) in [5, 5.41) is 18.3. The molecule has 1 amide bonds. The van der Waals surface area contributed by atoms with E-state index in [1.165, 1.54) is 4.90 Å². The van der Waals surface area contributed by atoms with Gasteiger partial charge in [-0.25, -0.2) is 0 Å². The molecule has 1 atom stereocenters. The van der Waals surface area contributed by atoms with Crippen molar-refractivity contribution in [3.05, 3.63) is 65.4 Å². The minimum absolute atomic E-state index is 0.355. The minimum Gasteiger partial charge on any atom is -0.495 e. The van der Waals surface area contributed by atoms with E-state index in [0.717, 1.165) is 29.7 Å². The van der Waals surface area contributed by atoms with Gasteiger partial charge in [-0.1, -0.05) is 23.7 Å². The first-order chi connectivity index (χ1) is 15.0. The first kappa shape index (κ1) is 21.0. The molecule has 1 aliphatic rings. The van der Waals surface area contributed by atoms with Gasteiger partial charge in [0.25, 0.3) is 5.91 Å². The molecule has 4 rings (SSSR count). The molecular formula is C23H23ClN4O3. The number of halogens is 1. The standard InChI is InChI=1S/C23H23ClN4O3/c1-31-22-11-18(6-7-21(22)27-9-8-19(29)13-27)28(14-25)23(30)20-10-16(12-26-20)15-2-4-17(24)5-3-15/h2-7,10-12,14,19,25-26,29H,8-9,13H2,1H3/t19-/m1/s1. The second kappa shape index (κ2) is 8.83. The summed E-state index contributed by atoms with van der Waals surface area (Å²) >= 11 is 5.95. The number of benzene rings is 2. The number of rotatable bonds is 6. The molecule has 1 aromatic heterocycles. The number of H-pyrrole nitrogens is 1. The molecule has 0 saturated carbocycles. The van der Waals surface area contributed by atoms with Crippen LogP contribution in [0.5, 0.6) is 5.75 Å². The van der Waals surface area contributed by atoms with Crippen LogP contribution in [0.15, 0.2) is 54.7 Å². The molecule has 7 nitrogen and oxygen atoms in total. The monoisotopic (exact) mass is 438 g/mol. The van der Waals surface area contributed by atoms with E-state index in [2.05, 4.69) is 4.98 Å². The molecule has 8 heteroatoms. The van der Waals surface area contributed by atoms with Crippen molar-refractivity contribution < 1.29 is 14.6 Å². The number of aliphatic hydroxyl groups excluding tert-OH is 1. The molecule has 0 radical (unpaired) electrons. The van der Waals surface area contributed by atoms with Gasteiger partial charge in [0.1, 0.15) is 11.4 Å². The fourth-order valence-electron chi connectivity index (χ4n) is 3.75. The number of anilines is 2. The lowest BCUT2D eigenvalue weighted by Gasteiger charge is -2.23. The lowest BCUT2D eigenvalue weighted by molar-refractivity contribution is 0.0999. The summed E-state index contributed by atoms with van der Waals surface area (Å²) in [6.07, 6.45) is 3.09. The highest BCUT2D eigenvalue weighted by Crippen LogP contribution is 2.35. The number of methoxy groups -OCH3 is 1. The molecule has 1 fully saturated rings. The molecule has 31 heavy (non-hydrogen) atoms. The van der Waals surface area contributed by atoms with E-state index in [9.17, 15) is 9.90 Å². The predicted molar refractivity (Wildman–Crippen MR) is 123 cm³/mol. The SMILES string of the molecule is COc1cc(N(C=N)C(=O)c2cc(-c3ccc(Cl)cc3)c[nH]2)ccc1N1CC[C@@H](O)C1. The van der Waals surface area contributed by atoms with Gasteiger partial charge in [-0.15, -0.1) is 0 Å². The van der Waals surface area contributed by atoms with Gasteiger partial charge >= 0.3 is 0 Å². The van der Waals surface area contributed by atoms with Gasteiger partial charge in [0.2, 0.25) is 0 Å². The van der Waals surface area contributed by atoms with E-state index in [4.69, 9.17) is 21.7 Å². The number of nitrogens with zero attached hydrogens (tertiary/aromatic N) is 2. The predicted octanol–water partition coefficient (Wildman–Crippen LogP) is 4.17. The topological polar surface area (TPSA) is 92.7 Å². The van der Waals surface area contributed by atoms with Gasteiger partial charge in [0, 0.05) is 30.4 Å². The van der Waals surface area contributed by atoms with Crippen molar-refractivity contribution in [3.63, 3.8) is 0 Å². The van der Waals surface area contributed by atoms with Crippen LogP contribution in [0, 0.1) is 5.41 Å². The Morgan fingerprint density at radius 1 is 1.26 bits per heavy atom. The average molecular weight is 439 g/mol. The second-order valence-electron chi connectivity index (χ2n) is 7.36. The first-order valence-corrected chi connectivity index (χ1v) is 10.3. The third kappa shape index (κ3) is 4.28. The van der Waals surface area contributed by atoms with E-state index in [0.29, 0.717) is 35.1 Å². The van der Waals surface area contributed by atoms with Crippen LogP contribution < -0.4 is 14.5 Å². The van der Waals surface area contributed by atoms with Crippen LogP contribution >= 0.6 is 11.6 Å². The molecule has 3 aromatic rings. The Morgan fingerprint density at radius 2 is 2.03 bits per heavy atom. The zero-order valence-corrected chi connectivity index (χ0v) is 17.8. The van der Waals surface area contributed by atoms with Crippen molar-refractivity contribution in [2.24, 2.45) is 0 Å². The number of ether oxygens (including phenoxy) is 1. The highest BCUT2D eigenvalue weighted by Gasteiger charge is 2.25. The molecule has 160 valence electrons. The largest absolute Gasteiger partial charge is 0.495 e. The molecule has 0 spiro atoms. The van der Waals surface area contributed by atoms with Crippen molar-refractivity contribution in [3.8, 4) is 16.9 Å². The molecule has 0 unspecified atom stereocenters. The van der Waals surface area contributed by atoms with Gasteiger partial charge in [-0.2, -0.15) is 0 Å². The summed E-state index contributed by atoms with van der Waals surface area (Å²) in [5.74, 6) is 0.223. The number of hydrogen-bond donors (Lipinski definition) is 3. The second-order valence-corrected chi connectivity index (χ2v) is 7.79. The summed E-state index contributed by atoms with van der Waals surface area (Å²) < 4.78 is 5.53. The quantitative estimate of drug-likeness (QED) is 0.398. The Morgan fingerprint density at radius 3 is 2.68 bits per heavy atom. The van der Waals surface area contributed by atoms with Crippen LogP contribution in [0.25, 0.3) is 11.1 Å². The lowest BCUT2D eigenvalue weighted by atomic mass is 10.1. The smallest absolute Gasteiger partial charge is 0.279 e. The van der Waals surface area contributed by atoms with Crippen LogP contribution in [-0.2, 0) is 0 Å². The lowest BCUT2D eigenvalue weighted by Crippen LogP contribution is -2.29. The third-order valence-electron chi connectivity index (χ3n) is 5.38. The van der Waals surface area contributed by atoms with Gasteiger partial charge in [0.05, 0.1) is 30.9 Å². The van der Waals surface area contributed by atoms with Crippen LogP contribution in [-0.4, -0.2) is 48.6 Å². The number of carbonyl (C=O) groups is 1. The molecular weight excluding hydrogens is 416 g/mol. The number of nitrogens with one attached hydrogen (secondary N) is 2. The summed E-state index contributed by atoms with van der Waals surface area (Å²) in [6.45, 7) is 1.28. The Bertz CT molecular complexity index is 1100. The maximum Gasteiger partial charge on any atom is 0.279 e. The highest BCUT2D eigenvalue weighted by atomic mass is 35.5. The zero-order valence-electron chi connectivity index (χ0n) is 17.0. The molecule has 3 N–H and O–H groups in total.